The standard InChI is InChI=1S/C16H16NO/c18-12-11-17-16(15-9-5-2-6-10-15)13-14-7-3-1-4-8-14/h1-10,16-17H,11,13H2. The summed E-state index contributed by atoms with van der Waals surface area (Å²) in [5.41, 5.74) is 2.45. The van der Waals surface area contributed by atoms with E-state index >= 15 is 0 Å². The molecule has 2 aromatic rings. The van der Waals surface area contributed by atoms with Crippen LogP contribution >= 0.6 is 0 Å². The van der Waals surface area contributed by atoms with Crippen LogP contribution in [0, 0.1) is 0 Å². The maximum Gasteiger partial charge on any atom is 0.213 e. The Hall–Kier alpha value is -1.93. The summed E-state index contributed by atoms with van der Waals surface area (Å²) in [5, 5.41) is 3.21. The molecule has 1 unspecified atom stereocenters. The van der Waals surface area contributed by atoms with Gasteiger partial charge >= 0.3 is 0 Å². The van der Waals surface area contributed by atoms with Crippen LogP contribution in [0.5, 0.6) is 0 Å². The molecule has 0 saturated carbocycles. The van der Waals surface area contributed by atoms with Crippen LogP contribution in [0.4, 0.5) is 0 Å². The number of nitrogens with one attached hydrogen (secondary N) is 1. The van der Waals surface area contributed by atoms with E-state index in [1.165, 1.54) is 11.1 Å². The predicted molar refractivity (Wildman–Crippen MR) is 73.0 cm³/mol. The van der Waals surface area contributed by atoms with Crippen LogP contribution in [-0.4, -0.2) is 12.8 Å². The van der Waals surface area contributed by atoms with E-state index in [2.05, 4.69) is 29.6 Å². The van der Waals surface area contributed by atoms with E-state index in [1.807, 2.05) is 42.7 Å². The van der Waals surface area contributed by atoms with Gasteiger partial charge in [-0.05, 0) is 17.5 Å². The summed E-state index contributed by atoms with van der Waals surface area (Å²) in [6.45, 7) is 0.256. The van der Waals surface area contributed by atoms with Crippen LogP contribution in [0.3, 0.4) is 0 Å². The second-order valence-corrected chi connectivity index (χ2v) is 4.18. The average Bonchev–Trinajstić information content (AvgIpc) is 2.45. The first-order chi connectivity index (χ1) is 8.90. The molecule has 0 heterocycles. The maximum absolute atomic E-state index is 10.4. The smallest absolute Gasteiger partial charge is 0.213 e. The normalized spacial score (nSPS) is 12.0. The Morgan fingerprint density at radius 3 is 2.17 bits per heavy atom. The van der Waals surface area contributed by atoms with E-state index in [-0.39, 0.29) is 12.6 Å². The van der Waals surface area contributed by atoms with Gasteiger partial charge in [-0.3, -0.25) is 4.79 Å². The van der Waals surface area contributed by atoms with Crippen molar-refractivity contribution in [1.29, 1.82) is 0 Å². The van der Waals surface area contributed by atoms with Crippen LogP contribution in [0.1, 0.15) is 17.2 Å². The van der Waals surface area contributed by atoms with Gasteiger partial charge in [-0.2, -0.15) is 0 Å². The van der Waals surface area contributed by atoms with Crippen molar-refractivity contribution in [3.8, 4) is 0 Å². The Morgan fingerprint density at radius 2 is 1.56 bits per heavy atom. The molecule has 91 valence electrons. The molecule has 0 aliphatic heterocycles. The van der Waals surface area contributed by atoms with Gasteiger partial charge in [0.05, 0.1) is 6.54 Å². The lowest BCUT2D eigenvalue weighted by atomic mass is 9.99. The number of hydrogen-bond donors (Lipinski definition) is 1. The first kappa shape index (κ1) is 12.5. The van der Waals surface area contributed by atoms with E-state index in [0.29, 0.717) is 0 Å². The fourth-order valence-corrected chi connectivity index (χ4v) is 2.01. The molecule has 1 N–H and O–H groups in total. The second kappa shape index (κ2) is 6.72. The molecule has 2 heteroatoms. The highest BCUT2D eigenvalue weighted by molar-refractivity contribution is 5.53. The Labute approximate surface area is 108 Å². The molecule has 0 amide bonds. The van der Waals surface area contributed by atoms with Crippen LogP contribution in [-0.2, 0) is 11.2 Å². The number of benzene rings is 2. The lowest BCUT2D eigenvalue weighted by molar-refractivity contribution is 0.524. The Bertz CT molecular complexity index is 467. The quantitative estimate of drug-likeness (QED) is 0.838. The van der Waals surface area contributed by atoms with E-state index in [1.54, 1.807) is 0 Å². The molecule has 0 bridgehead atoms. The molecular formula is C16H16NO. The van der Waals surface area contributed by atoms with Gasteiger partial charge in [0.25, 0.3) is 0 Å². The SMILES string of the molecule is O=[C]CNC(Cc1ccccc1)c1ccccc1. The third-order valence-corrected chi connectivity index (χ3v) is 2.91. The molecule has 0 saturated heterocycles. The van der Waals surface area contributed by atoms with Crippen LogP contribution in [0.2, 0.25) is 0 Å². The highest BCUT2D eigenvalue weighted by Gasteiger charge is 2.10. The topological polar surface area (TPSA) is 29.1 Å². The van der Waals surface area contributed by atoms with Gasteiger partial charge in [0.15, 0.2) is 0 Å². The predicted octanol–water partition coefficient (Wildman–Crippen LogP) is 2.67. The molecular weight excluding hydrogens is 222 g/mol. The fourth-order valence-electron chi connectivity index (χ4n) is 2.01. The van der Waals surface area contributed by atoms with Crippen molar-refractivity contribution in [2.45, 2.75) is 12.5 Å². The lowest BCUT2D eigenvalue weighted by Crippen LogP contribution is -2.25. The molecule has 0 aromatic heterocycles. The van der Waals surface area contributed by atoms with Crippen molar-refractivity contribution in [3.63, 3.8) is 0 Å². The fraction of sp³-hybridized carbons (Fsp3) is 0.188. The van der Waals surface area contributed by atoms with Crippen LogP contribution in [0.15, 0.2) is 60.7 Å². The molecule has 0 spiro atoms. The average molecular weight is 238 g/mol. The van der Waals surface area contributed by atoms with Gasteiger partial charge in [-0.1, -0.05) is 60.7 Å². The van der Waals surface area contributed by atoms with Crippen molar-refractivity contribution in [2.24, 2.45) is 0 Å². The first-order valence-electron chi connectivity index (χ1n) is 6.07. The largest absolute Gasteiger partial charge is 0.302 e. The summed E-state index contributed by atoms with van der Waals surface area (Å²) in [5.74, 6) is 0. The Morgan fingerprint density at radius 1 is 0.944 bits per heavy atom. The second-order valence-electron chi connectivity index (χ2n) is 4.18. The Balaban J connectivity index is 2.13. The molecule has 2 nitrogen and oxygen atoms in total. The zero-order valence-corrected chi connectivity index (χ0v) is 10.2. The molecule has 0 aliphatic rings. The summed E-state index contributed by atoms with van der Waals surface area (Å²) in [6.07, 6.45) is 2.76. The van der Waals surface area contributed by atoms with E-state index in [4.69, 9.17) is 0 Å². The van der Waals surface area contributed by atoms with Crippen LogP contribution < -0.4 is 5.32 Å². The molecule has 1 atom stereocenters. The number of rotatable bonds is 6. The van der Waals surface area contributed by atoms with Crippen molar-refractivity contribution >= 4 is 6.29 Å². The van der Waals surface area contributed by atoms with Gasteiger partial charge in [0.2, 0.25) is 6.29 Å². The van der Waals surface area contributed by atoms with Gasteiger partial charge in [0, 0.05) is 6.04 Å². The lowest BCUT2D eigenvalue weighted by Gasteiger charge is -2.17. The summed E-state index contributed by atoms with van der Waals surface area (Å²) in [6, 6.07) is 20.6. The van der Waals surface area contributed by atoms with E-state index in [0.717, 1.165) is 6.42 Å². The molecule has 2 rings (SSSR count). The number of hydrogen-bond acceptors (Lipinski definition) is 2. The summed E-state index contributed by atoms with van der Waals surface area (Å²) in [4.78, 5) is 10.4. The molecule has 1 radical (unpaired) electrons. The number of carbonyl (C=O) groups excluding carboxylic acids is 1. The monoisotopic (exact) mass is 238 g/mol. The van der Waals surface area contributed by atoms with Crippen molar-refractivity contribution < 1.29 is 4.79 Å². The van der Waals surface area contributed by atoms with Crippen molar-refractivity contribution in [3.05, 3.63) is 71.8 Å². The van der Waals surface area contributed by atoms with Gasteiger partial charge < -0.3 is 5.32 Å². The molecule has 18 heavy (non-hydrogen) atoms. The Kier molecular flexibility index (Phi) is 4.68. The van der Waals surface area contributed by atoms with Gasteiger partial charge in [-0.15, -0.1) is 0 Å². The summed E-state index contributed by atoms with van der Waals surface area (Å²) >= 11 is 0. The summed E-state index contributed by atoms with van der Waals surface area (Å²) in [7, 11) is 0. The first-order valence-corrected chi connectivity index (χ1v) is 6.07. The minimum absolute atomic E-state index is 0.148. The van der Waals surface area contributed by atoms with E-state index < -0.39 is 0 Å². The van der Waals surface area contributed by atoms with Crippen molar-refractivity contribution in [1.82, 2.24) is 5.32 Å². The van der Waals surface area contributed by atoms with Crippen molar-refractivity contribution in [2.75, 3.05) is 6.54 Å². The zero-order chi connectivity index (χ0) is 12.6. The third kappa shape index (κ3) is 3.54. The highest BCUT2D eigenvalue weighted by Crippen LogP contribution is 2.17. The van der Waals surface area contributed by atoms with Crippen LogP contribution in [0.25, 0.3) is 0 Å². The third-order valence-electron chi connectivity index (χ3n) is 2.91. The van der Waals surface area contributed by atoms with Gasteiger partial charge in [0.1, 0.15) is 0 Å². The highest BCUT2D eigenvalue weighted by atomic mass is 16.1. The minimum atomic E-state index is 0.148. The minimum Gasteiger partial charge on any atom is -0.302 e. The molecule has 0 fully saturated rings. The maximum atomic E-state index is 10.4. The molecule has 2 aromatic carbocycles. The zero-order valence-electron chi connectivity index (χ0n) is 10.2. The summed E-state index contributed by atoms with van der Waals surface area (Å²) < 4.78 is 0. The van der Waals surface area contributed by atoms with Gasteiger partial charge in [-0.25, -0.2) is 0 Å². The molecule has 0 aliphatic carbocycles. The van der Waals surface area contributed by atoms with E-state index in [9.17, 15) is 4.79 Å².